The average molecular weight is 348 g/mol. The molecule has 3 N–H and O–H groups in total. The lowest BCUT2D eigenvalue weighted by Crippen LogP contribution is -2.57. The fraction of sp³-hybridized carbons (Fsp3) is 0.600. The van der Waals surface area contributed by atoms with Gasteiger partial charge in [0.15, 0.2) is 0 Å². The second-order valence-electron chi connectivity index (χ2n) is 7.10. The average Bonchev–Trinajstić information content (AvgIpc) is 2.62. The third-order valence-electron chi connectivity index (χ3n) is 4.60. The standard InChI is InChI=1S/C20H33N3O2/c1-6-20(21-5,12-16(4)18(24)22-13-15(2)3)19(25)23-14-17-10-8-7-9-11-17/h7-11,15-16,21H,6,12-14H2,1-5H3,(H,22,24)(H,23,25)/t16-,20+/m0/s1. The SMILES string of the molecule is CC[C@](C[C@H](C)C(=O)NCC(C)C)(NC)C(=O)NCc1ccccc1. The number of carbonyl (C=O) groups is 2. The van der Waals surface area contributed by atoms with Crippen LogP contribution in [0.25, 0.3) is 0 Å². The molecule has 0 saturated heterocycles. The van der Waals surface area contributed by atoms with Gasteiger partial charge in [0.25, 0.3) is 0 Å². The lowest BCUT2D eigenvalue weighted by Gasteiger charge is -2.33. The molecule has 1 aromatic carbocycles. The van der Waals surface area contributed by atoms with E-state index in [0.717, 1.165) is 5.56 Å². The zero-order valence-electron chi connectivity index (χ0n) is 16.2. The Bertz CT molecular complexity index is 539. The Hall–Kier alpha value is -1.88. The van der Waals surface area contributed by atoms with Crippen molar-refractivity contribution in [3.63, 3.8) is 0 Å². The number of carbonyl (C=O) groups excluding carboxylic acids is 2. The molecule has 0 unspecified atom stereocenters. The van der Waals surface area contributed by atoms with Crippen LogP contribution in [0.3, 0.4) is 0 Å². The Labute approximate surface area is 152 Å². The molecular weight excluding hydrogens is 314 g/mol. The van der Waals surface area contributed by atoms with E-state index in [1.165, 1.54) is 0 Å². The first-order valence-electron chi connectivity index (χ1n) is 9.13. The summed E-state index contributed by atoms with van der Waals surface area (Å²) in [5.41, 5.74) is 0.309. The molecule has 0 spiro atoms. The predicted octanol–water partition coefficient (Wildman–Crippen LogP) is 2.47. The van der Waals surface area contributed by atoms with Crippen LogP contribution >= 0.6 is 0 Å². The van der Waals surface area contributed by atoms with Crippen LogP contribution in [0.4, 0.5) is 0 Å². The molecule has 5 heteroatoms. The van der Waals surface area contributed by atoms with Crippen LogP contribution in [0.1, 0.15) is 46.1 Å². The second-order valence-corrected chi connectivity index (χ2v) is 7.10. The topological polar surface area (TPSA) is 70.2 Å². The molecule has 0 aliphatic carbocycles. The highest BCUT2D eigenvalue weighted by Crippen LogP contribution is 2.22. The molecule has 0 heterocycles. The van der Waals surface area contributed by atoms with Gasteiger partial charge in [0, 0.05) is 19.0 Å². The Morgan fingerprint density at radius 1 is 1.08 bits per heavy atom. The van der Waals surface area contributed by atoms with Crippen molar-refractivity contribution >= 4 is 11.8 Å². The van der Waals surface area contributed by atoms with Crippen LogP contribution in [-0.2, 0) is 16.1 Å². The van der Waals surface area contributed by atoms with Gasteiger partial charge in [0.05, 0.1) is 5.54 Å². The van der Waals surface area contributed by atoms with Gasteiger partial charge in [0.2, 0.25) is 11.8 Å². The summed E-state index contributed by atoms with van der Waals surface area (Å²) in [7, 11) is 1.78. The van der Waals surface area contributed by atoms with Gasteiger partial charge < -0.3 is 16.0 Å². The zero-order chi connectivity index (χ0) is 18.9. The number of hydrogen-bond acceptors (Lipinski definition) is 3. The lowest BCUT2D eigenvalue weighted by atomic mass is 9.84. The van der Waals surface area contributed by atoms with Crippen molar-refractivity contribution in [2.75, 3.05) is 13.6 Å². The second kappa shape index (κ2) is 10.2. The fourth-order valence-electron chi connectivity index (χ4n) is 2.83. The summed E-state index contributed by atoms with van der Waals surface area (Å²) in [6.07, 6.45) is 1.08. The number of benzene rings is 1. The van der Waals surface area contributed by atoms with Crippen molar-refractivity contribution in [3.8, 4) is 0 Å². The third kappa shape index (κ3) is 6.50. The molecule has 25 heavy (non-hydrogen) atoms. The largest absolute Gasteiger partial charge is 0.356 e. The van der Waals surface area contributed by atoms with Crippen molar-refractivity contribution in [1.82, 2.24) is 16.0 Å². The summed E-state index contributed by atoms with van der Waals surface area (Å²) in [5, 5.41) is 9.11. The molecule has 0 aliphatic rings. The number of amides is 2. The summed E-state index contributed by atoms with van der Waals surface area (Å²) >= 11 is 0. The van der Waals surface area contributed by atoms with Gasteiger partial charge in [0.1, 0.15) is 0 Å². The number of rotatable bonds is 10. The fourth-order valence-corrected chi connectivity index (χ4v) is 2.83. The molecule has 1 rings (SSSR count). The molecule has 0 aliphatic heterocycles. The van der Waals surface area contributed by atoms with Gasteiger partial charge in [-0.3, -0.25) is 9.59 Å². The van der Waals surface area contributed by atoms with Crippen LogP contribution in [0.2, 0.25) is 0 Å². The van der Waals surface area contributed by atoms with E-state index in [1.807, 2.05) is 44.2 Å². The van der Waals surface area contributed by atoms with Crippen LogP contribution in [0.5, 0.6) is 0 Å². The van der Waals surface area contributed by atoms with Crippen LogP contribution in [-0.4, -0.2) is 30.9 Å². The maximum atomic E-state index is 12.8. The van der Waals surface area contributed by atoms with E-state index < -0.39 is 5.54 Å². The van der Waals surface area contributed by atoms with E-state index in [0.29, 0.717) is 31.8 Å². The molecule has 0 bridgehead atoms. The summed E-state index contributed by atoms with van der Waals surface area (Å²) in [6.45, 7) is 9.11. The van der Waals surface area contributed by atoms with Gasteiger partial charge in [-0.1, -0.05) is 58.0 Å². The Kier molecular flexibility index (Phi) is 8.62. The summed E-state index contributed by atoms with van der Waals surface area (Å²) in [6, 6.07) is 9.82. The Balaban J connectivity index is 2.70. The number of likely N-dealkylation sites (N-methyl/N-ethyl adjacent to an activating group) is 1. The summed E-state index contributed by atoms with van der Waals surface area (Å²) < 4.78 is 0. The van der Waals surface area contributed by atoms with Gasteiger partial charge in [-0.25, -0.2) is 0 Å². The van der Waals surface area contributed by atoms with Gasteiger partial charge in [-0.05, 0) is 31.4 Å². The third-order valence-corrected chi connectivity index (χ3v) is 4.60. The number of nitrogens with one attached hydrogen (secondary N) is 3. The summed E-state index contributed by atoms with van der Waals surface area (Å²) in [4.78, 5) is 25.1. The highest BCUT2D eigenvalue weighted by atomic mass is 16.2. The summed E-state index contributed by atoms with van der Waals surface area (Å²) in [5.74, 6) is 0.0988. The van der Waals surface area contributed by atoms with Gasteiger partial charge in [-0.15, -0.1) is 0 Å². The molecular formula is C20H33N3O2. The molecule has 2 atom stereocenters. The van der Waals surface area contributed by atoms with Crippen molar-refractivity contribution < 1.29 is 9.59 Å². The Morgan fingerprint density at radius 2 is 1.72 bits per heavy atom. The minimum absolute atomic E-state index is 0.00219. The quantitative estimate of drug-likeness (QED) is 0.609. The van der Waals surface area contributed by atoms with Crippen molar-refractivity contribution in [2.24, 2.45) is 11.8 Å². The van der Waals surface area contributed by atoms with E-state index in [2.05, 4.69) is 29.8 Å². The van der Waals surface area contributed by atoms with E-state index >= 15 is 0 Å². The highest BCUT2D eigenvalue weighted by Gasteiger charge is 2.37. The van der Waals surface area contributed by atoms with E-state index in [-0.39, 0.29) is 17.7 Å². The highest BCUT2D eigenvalue weighted by molar-refractivity contribution is 5.87. The molecule has 140 valence electrons. The molecule has 0 saturated carbocycles. The molecule has 2 amide bonds. The zero-order valence-corrected chi connectivity index (χ0v) is 16.2. The maximum Gasteiger partial charge on any atom is 0.240 e. The van der Waals surface area contributed by atoms with E-state index in [9.17, 15) is 9.59 Å². The minimum atomic E-state index is -0.747. The molecule has 0 radical (unpaired) electrons. The predicted molar refractivity (Wildman–Crippen MR) is 102 cm³/mol. The van der Waals surface area contributed by atoms with Crippen LogP contribution < -0.4 is 16.0 Å². The van der Waals surface area contributed by atoms with Crippen molar-refractivity contribution in [3.05, 3.63) is 35.9 Å². The molecule has 0 fully saturated rings. The first kappa shape index (κ1) is 21.2. The van der Waals surface area contributed by atoms with Crippen LogP contribution in [0.15, 0.2) is 30.3 Å². The first-order chi connectivity index (χ1) is 11.8. The van der Waals surface area contributed by atoms with E-state index in [4.69, 9.17) is 0 Å². The van der Waals surface area contributed by atoms with Gasteiger partial charge >= 0.3 is 0 Å². The van der Waals surface area contributed by atoms with Crippen LogP contribution in [0, 0.1) is 11.8 Å². The molecule has 5 nitrogen and oxygen atoms in total. The normalized spacial score (nSPS) is 14.6. The van der Waals surface area contributed by atoms with E-state index in [1.54, 1.807) is 7.05 Å². The number of hydrogen-bond donors (Lipinski definition) is 3. The van der Waals surface area contributed by atoms with Crippen molar-refractivity contribution in [1.29, 1.82) is 0 Å². The molecule has 0 aromatic heterocycles. The monoisotopic (exact) mass is 347 g/mol. The van der Waals surface area contributed by atoms with Gasteiger partial charge in [-0.2, -0.15) is 0 Å². The lowest BCUT2D eigenvalue weighted by molar-refractivity contribution is -0.130. The molecule has 1 aromatic rings. The minimum Gasteiger partial charge on any atom is -0.356 e. The Morgan fingerprint density at radius 3 is 2.24 bits per heavy atom. The smallest absolute Gasteiger partial charge is 0.240 e. The first-order valence-corrected chi connectivity index (χ1v) is 9.13. The van der Waals surface area contributed by atoms with Crippen molar-refractivity contribution in [2.45, 2.75) is 52.6 Å². The maximum absolute atomic E-state index is 12.8.